The summed E-state index contributed by atoms with van der Waals surface area (Å²) in [5.41, 5.74) is 3.16. The molecule has 6 nitrogen and oxygen atoms in total. The predicted molar refractivity (Wildman–Crippen MR) is 136 cm³/mol. The highest BCUT2D eigenvalue weighted by atomic mass is 16.5. The summed E-state index contributed by atoms with van der Waals surface area (Å²) in [6, 6.07) is 10.6. The van der Waals surface area contributed by atoms with Gasteiger partial charge in [0.2, 0.25) is 0 Å². The van der Waals surface area contributed by atoms with Gasteiger partial charge in [-0.15, -0.1) is 0 Å². The van der Waals surface area contributed by atoms with Crippen LogP contribution in [-0.2, 0) is 15.0 Å². The molecule has 35 heavy (non-hydrogen) atoms. The van der Waals surface area contributed by atoms with Gasteiger partial charge in [-0.2, -0.15) is 0 Å². The molecule has 1 saturated heterocycles. The zero-order valence-electron chi connectivity index (χ0n) is 21.5. The number of aryl methyl sites for hydroxylation is 1. The van der Waals surface area contributed by atoms with Crippen molar-refractivity contribution in [1.82, 2.24) is 4.90 Å². The van der Waals surface area contributed by atoms with Gasteiger partial charge >= 0.3 is 0 Å². The molecule has 1 unspecified atom stereocenters. The van der Waals surface area contributed by atoms with Gasteiger partial charge in [-0.3, -0.25) is 9.59 Å². The normalized spacial score (nSPS) is 20.5. The van der Waals surface area contributed by atoms with Gasteiger partial charge in [0.1, 0.15) is 5.76 Å². The van der Waals surface area contributed by atoms with Gasteiger partial charge in [0.05, 0.1) is 25.8 Å². The third-order valence-corrected chi connectivity index (χ3v) is 7.28. The highest BCUT2D eigenvalue weighted by Gasteiger charge is 2.49. The zero-order chi connectivity index (χ0) is 25.5. The summed E-state index contributed by atoms with van der Waals surface area (Å²) in [4.78, 5) is 28.5. The molecule has 4 rings (SSSR count). The van der Waals surface area contributed by atoms with Crippen LogP contribution >= 0.6 is 0 Å². The van der Waals surface area contributed by atoms with E-state index in [0.717, 1.165) is 36.8 Å². The fourth-order valence-electron chi connectivity index (χ4n) is 5.25. The van der Waals surface area contributed by atoms with Crippen LogP contribution in [-0.4, -0.2) is 42.0 Å². The quantitative estimate of drug-likeness (QED) is 0.341. The number of nitrogens with zero attached hydrogens (tertiary/aromatic N) is 1. The van der Waals surface area contributed by atoms with Crippen LogP contribution in [0.4, 0.5) is 0 Å². The Morgan fingerprint density at radius 3 is 2.23 bits per heavy atom. The Balaban J connectivity index is 1.94. The van der Waals surface area contributed by atoms with E-state index in [0.29, 0.717) is 22.6 Å². The van der Waals surface area contributed by atoms with Gasteiger partial charge in [0, 0.05) is 11.6 Å². The van der Waals surface area contributed by atoms with Crippen LogP contribution in [0, 0.1) is 6.92 Å². The number of carbonyl (C=O) groups excluding carboxylic acids is 2. The molecule has 2 aromatic carbocycles. The number of aliphatic hydroxyl groups is 1. The highest BCUT2D eigenvalue weighted by Crippen LogP contribution is 2.45. The summed E-state index contributed by atoms with van der Waals surface area (Å²) in [7, 11) is 3.12. The summed E-state index contributed by atoms with van der Waals surface area (Å²) < 4.78 is 10.9. The molecule has 2 aromatic rings. The van der Waals surface area contributed by atoms with Crippen LogP contribution in [0.25, 0.3) is 5.76 Å². The number of hydrogen-bond acceptors (Lipinski definition) is 5. The molecule has 1 N–H and O–H groups in total. The summed E-state index contributed by atoms with van der Waals surface area (Å²) in [6.45, 7) is 8.21. The number of hydrogen-bond donors (Lipinski definition) is 1. The second-order valence-electron chi connectivity index (χ2n) is 10.5. The van der Waals surface area contributed by atoms with Crippen molar-refractivity contribution >= 4 is 17.4 Å². The van der Waals surface area contributed by atoms with E-state index in [1.165, 1.54) is 0 Å². The Bertz CT molecular complexity index is 1180. The van der Waals surface area contributed by atoms with Crippen molar-refractivity contribution in [1.29, 1.82) is 0 Å². The predicted octanol–water partition coefficient (Wildman–Crippen LogP) is 5.67. The van der Waals surface area contributed by atoms with E-state index in [4.69, 9.17) is 9.47 Å². The number of methoxy groups -OCH3 is 2. The lowest BCUT2D eigenvalue weighted by Crippen LogP contribution is -2.37. The molecule has 0 radical (unpaired) electrons. The first-order chi connectivity index (χ1) is 16.6. The fourth-order valence-corrected chi connectivity index (χ4v) is 5.25. The van der Waals surface area contributed by atoms with Crippen LogP contribution in [0.1, 0.15) is 74.8 Å². The Morgan fingerprint density at radius 2 is 1.63 bits per heavy atom. The van der Waals surface area contributed by atoms with Gasteiger partial charge < -0.3 is 19.5 Å². The van der Waals surface area contributed by atoms with Gasteiger partial charge in [-0.1, -0.05) is 51.8 Å². The number of rotatable bonds is 5. The lowest BCUT2D eigenvalue weighted by atomic mass is 9.84. The monoisotopic (exact) mass is 477 g/mol. The second-order valence-corrected chi connectivity index (χ2v) is 10.5. The minimum atomic E-state index is -0.699. The van der Waals surface area contributed by atoms with E-state index in [-0.39, 0.29) is 22.8 Å². The maximum absolute atomic E-state index is 13.5. The SMILES string of the molecule is COc1ccc(C2/C(=C(\O)c3cc(C(C)(C)C)ccc3C)C(=O)C(=O)N2C2CCCC2)cc1OC. The molecule has 1 atom stereocenters. The first-order valence-corrected chi connectivity index (χ1v) is 12.2. The lowest BCUT2D eigenvalue weighted by Gasteiger charge is -2.31. The summed E-state index contributed by atoms with van der Waals surface area (Å²) >= 11 is 0. The van der Waals surface area contributed by atoms with E-state index < -0.39 is 17.7 Å². The van der Waals surface area contributed by atoms with E-state index in [1.807, 2.05) is 31.2 Å². The molecular formula is C29H35NO5. The lowest BCUT2D eigenvalue weighted by molar-refractivity contribution is -0.141. The molecule has 0 bridgehead atoms. The molecular weight excluding hydrogens is 442 g/mol. The molecule has 2 fully saturated rings. The Morgan fingerprint density at radius 1 is 0.971 bits per heavy atom. The molecule has 1 aliphatic heterocycles. The largest absolute Gasteiger partial charge is 0.507 e. The van der Waals surface area contributed by atoms with E-state index >= 15 is 0 Å². The number of likely N-dealkylation sites (tertiary alicyclic amines) is 1. The molecule has 1 heterocycles. The van der Waals surface area contributed by atoms with Crippen molar-refractivity contribution in [2.24, 2.45) is 0 Å². The average molecular weight is 478 g/mol. The smallest absolute Gasteiger partial charge is 0.295 e. The fraction of sp³-hybridized carbons (Fsp3) is 0.448. The molecule has 6 heteroatoms. The van der Waals surface area contributed by atoms with E-state index in [9.17, 15) is 14.7 Å². The first kappa shape index (κ1) is 24.8. The number of ketones is 1. The third kappa shape index (κ3) is 4.42. The summed E-state index contributed by atoms with van der Waals surface area (Å²) in [5.74, 6) is -0.263. The maximum atomic E-state index is 13.5. The molecule has 0 spiro atoms. The molecule has 1 saturated carbocycles. The Hall–Kier alpha value is -3.28. The van der Waals surface area contributed by atoms with E-state index in [1.54, 1.807) is 31.3 Å². The molecule has 0 aromatic heterocycles. The van der Waals surface area contributed by atoms with Crippen molar-refractivity contribution in [3.8, 4) is 11.5 Å². The van der Waals surface area contributed by atoms with Gasteiger partial charge in [0.15, 0.2) is 11.5 Å². The molecule has 1 amide bonds. The number of benzene rings is 2. The Kier molecular flexibility index (Phi) is 6.67. The number of ether oxygens (including phenoxy) is 2. The first-order valence-electron chi connectivity index (χ1n) is 12.2. The molecule has 186 valence electrons. The molecule has 1 aliphatic carbocycles. The zero-order valence-corrected chi connectivity index (χ0v) is 21.5. The minimum Gasteiger partial charge on any atom is -0.507 e. The van der Waals surface area contributed by atoms with Crippen molar-refractivity contribution < 1.29 is 24.2 Å². The van der Waals surface area contributed by atoms with Crippen molar-refractivity contribution in [3.63, 3.8) is 0 Å². The van der Waals surface area contributed by atoms with Crippen LogP contribution < -0.4 is 9.47 Å². The van der Waals surface area contributed by atoms with Crippen molar-refractivity contribution in [3.05, 3.63) is 64.2 Å². The maximum Gasteiger partial charge on any atom is 0.295 e. The van der Waals surface area contributed by atoms with Gasteiger partial charge in [0.25, 0.3) is 11.7 Å². The van der Waals surface area contributed by atoms with Crippen LogP contribution in [0.15, 0.2) is 42.0 Å². The number of carbonyl (C=O) groups is 2. The van der Waals surface area contributed by atoms with Crippen molar-refractivity contribution in [2.45, 2.75) is 70.9 Å². The third-order valence-electron chi connectivity index (χ3n) is 7.28. The Labute approximate surface area is 207 Å². The van der Waals surface area contributed by atoms with Crippen LogP contribution in [0.2, 0.25) is 0 Å². The van der Waals surface area contributed by atoms with Gasteiger partial charge in [-0.05, 0) is 60.1 Å². The standard InChI is InChI=1S/C29H35NO5/c1-17-11-13-19(29(2,3)4)16-21(17)26(31)24-25(18-12-14-22(34-5)23(15-18)35-6)30(28(33)27(24)32)20-9-7-8-10-20/h11-16,20,25,31H,7-10H2,1-6H3/b26-24+. The van der Waals surface area contributed by atoms with Gasteiger partial charge in [-0.25, -0.2) is 0 Å². The van der Waals surface area contributed by atoms with Crippen molar-refractivity contribution in [2.75, 3.05) is 14.2 Å². The highest BCUT2D eigenvalue weighted by molar-refractivity contribution is 6.46. The second kappa shape index (κ2) is 9.40. The topological polar surface area (TPSA) is 76.1 Å². The summed E-state index contributed by atoms with van der Waals surface area (Å²) in [5, 5.41) is 11.6. The van der Waals surface area contributed by atoms with Crippen LogP contribution in [0.5, 0.6) is 11.5 Å². The number of amides is 1. The minimum absolute atomic E-state index is 0.0446. The summed E-state index contributed by atoms with van der Waals surface area (Å²) in [6.07, 6.45) is 3.71. The van der Waals surface area contributed by atoms with E-state index in [2.05, 4.69) is 20.8 Å². The number of aliphatic hydroxyl groups excluding tert-OH is 1. The number of Topliss-reactive ketones (excluding diaryl/α,β-unsaturated/α-hetero) is 1. The average Bonchev–Trinajstić information content (AvgIpc) is 3.44. The molecule has 2 aliphatic rings. The van der Waals surface area contributed by atoms with Crippen LogP contribution in [0.3, 0.4) is 0 Å².